The van der Waals surface area contributed by atoms with Crippen LogP contribution in [0.15, 0.2) is 42.5 Å². The summed E-state index contributed by atoms with van der Waals surface area (Å²) in [6, 6.07) is 12.2. The fraction of sp³-hybridized carbons (Fsp3) is 0.263. The second-order valence-electron chi connectivity index (χ2n) is 6.22. The Balaban J connectivity index is 1.82. The van der Waals surface area contributed by atoms with Crippen LogP contribution in [0.25, 0.3) is 0 Å². The van der Waals surface area contributed by atoms with Crippen LogP contribution in [0, 0.1) is 12.7 Å². The predicted molar refractivity (Wildman–Crippen MR) is 108 cm³/mol. The van der Waals surface area contributed by atoms with E-state index in [0.29, 0.717) is 28.6 Å². The molecule has 4 N–H and O–H groups in total. The minimum Gasteiger partial charge on any atom is -0.358 e. The largest absolute Gasteiger partial charge is 0.358 e. The van der Waals surface area contributed by atoms with E-state index in [2.05, 4.69) is 21.3 Å². The lowest BCUT2D eigenvalue weighted by molar-refractivity contribution is 0.250. The van der Waals surface area contributed by atoms with E-state index in [1.54, 1.807) is 19.1 Å². The zero-order valence-corrected chi connectivity index (χ0v) is 15.8. The van der Waals surface area contributed by atoms with Crippen molar-refractivity contribution in [3.05, 3.63) is 59.4 Å². The molecule has 0 heterocycles. The van der Waals surface area contributed by atoms with Crippen molar-refractivity contribution in [1.82, 2.24) is 10.6 Å². The Morgan fingerprint density at radius 3 is 2.35 bits per heavy atom. The Morgan fingerprint density at radius 2 is 1.73 bits per heavy atom. The molecule has 2 rings (SSSR count). The summed E-state index contributed by atoms with van der Waals surface area (Å²) in [5.41, 5.74) is 2.90. The van der Waals surface area contributed by atoms with Crippen molar-refractivity contribution in [2.75, 3.05) is 10.6 Å². The molecule has 2 aromatic rings. The van der Waals surface area contributed by atoms with E-state index in [1.165, 1.54) is 6.07 Å². The molecule has 0 aromatic heterocycles. The number of amides is 2. The van der Waals surface area contributed by atoms with Gasteiger partial charge in [-0.15, -0.1) is 0 Å². The summed E-state index contributed by atoms with van der Waals surface area (Å²) in [7, 11) is 0. The topological polar surface area (TPSA) is 65.2 Å². The highest BCUT2D eigenvalue weighted by atomic mass is 32.1. The third kappa shape index (κ3) is 6.33. The summed E-state index contributed by atoms with van der Waals surface area (Å²) in [6.07, 6.45) is 0. The van der Waals surface area contributed by atoms with E-state index in [0.717, 1.165) is 5.56 Å². The third-order valence-electron chi connectivity index (χ3n) is 3.51. The highest BCUT2D eigenvalue weighted by Gasteiger charge is 2.04. The monoisotopic (exact) mass is 374 g/mol. The van der Waals surface area contributed by atoms with Gasteiger partial charge in [0.2, 0.25) is 0 Å². The normalized spacial score (nSPS) is 10.3. The Labute approximate surface area is 158 Å². The molecule has 0 spiro atoms. The van der Waals surface area contributed by atoms with E-state index in [-0.39, 0.29) is 17.9 Å². The fourth-order valence-corrected chi connectivity index (χ4v) is 2.35. The number of hydrogen-bond donors (Lipinski definition) is 4. The zero-order valence-electron chi connectivity index (χ0n) is 15.0. The fourth-order valence-electron chi connectivity index (χ4n) is 2.16. The van der Waals surface area contributed by atoms with Crippen molar-refractivity contribution >= 4 is 34.7 Å². The molecule has 2 amide bonds. The standard InChI is InChI=1S/C19H23FN4OS/c1-12(2)22-18(25)23-15-8-5-14(6-9-15)11-21-19(26)24-16-7-4-13(3)17(20)10-16/h4-10,12H,11H2,1-3H3,(H2,21,24,26)(H2,22,23,25). The quantitative estimate of drug-likeness (QED) is 0.594. The van der Waals surface area contributed by atoms with Crippen LogP contribution in [0.3, 0.4) is 0 Å². The molecular weight excluding hydrogens is 351 g/mol. The predicted octanol–water partition coefficient (Wildman–Crippen LogP) is 4.15. The van der Waals surface area contributed by atoms with Crippen molar-refractivity contribution in [3.63, 3.8) is 0 Å². The summed E-state index contributed by atoms with van der Waals surface area (Å²) in [6.45, 7) is 6.02. The highest BCUT2D eigenvalue weighted by molar-refractivity contribution is 7.80. The lowest BCUT2D eigenvalue weighted by Crippen LogP contribution is -2.34. The van der Waals surface area contributed by atoms with Crippen molar-refractivity contribution in [2.45, 2.75) is 33.4 Å². The Kier molecular flexibility index (Phi) is 6.91. The molecule has 0 unspecified atom stereocenters. The number of nitrogens with one attached hydrogen (secondary N) is 4. The maximum Gasteiger partial charge on any atom is 0.319 e. The molecule has 0 aliphatic carbocycles. The Hall–Kier alpha value is -2.67. The lowest BCUT2D eigenvalue weighted by Gasteiger charge is -2.12. The Bertz CT molecular complexity index is 778. The van der Waals surface area contributed by atoms with Crippen molar-refractivity contribution in [3.8, 4) is 0 Å². The van der Waals surface area contributed by atoms with Gasteiger partial charge in [0.05, 0.1) is 0 Å². The minimum atomic E-state index is -0.276. The number of hydrogen-bond acceptors (Lipinski definition) is 2. The first-order chi connectivity index (χ1) is 12.3. The SMILES string of the molecule is Cc1ccc(NC(=S)NCc2ccc(NC(=O)NC(C)C)cc2)cc1F. The summed E-state index contributed by atoms with van der Waals surface area (Å²) in [5.74, 6) is -0.276. The van der Waals surface area contributed by atoms with E-state index < -0.39 is 0 Å². The number of urea groups is 1. The van der Waals surface area contributed by atoms with Crippen LogP contribution in [-0.2, 0) is 6.54 Å². The molecule has 0 radical (unpaired) electrons. The average Bonchev–Trinajstić information content (AvgIpc) is 2.57. The first kappa shape index (κ1) is 19.7. The summed E-state index contributed by atoms with van der Waals surface area (Å²) >= 11 is 5.22. The number of benzene rings is 2. The van der Waals surface area contributed by atoms with Gasteiger partial charge >= 0.3 is 6.03 Å². The molecule has 5 nitrogen and oxygen atoms in total. The average molecular weight is 374 g/mol. The van der Waals surface area contributed by atoms with Crippen LogP contribution in [0.4, 0.5) is 20.6 Å². The van der Waals surface area contributed by atoms with Crippen LogP contribution in [-0.4, -0.2) is 17.2 Å². The van der Waals surface area contributed by atoms with Gasteiger partial charge in [0.25, 0.3) is 0 Å². The molecule has 0 aliphatic rings. The molecule has 7 heteroatoms. The number of carbonyl (C=O) groups is 1. The van der Waals surface area contributed by atoms with Gasteiger partial charge in [0.15, 0.2) is 5.11 Å². The van der Waals surface area contributed by atoms with E-state index in [4.69, 9.17) is 12.2 Å². The van der Waals surface area contributed by atoms with Crippen LogP contribution >= 0.6 is 12.2 Å². The van der Waals surface area contributed by atoms with Gasteiger partial charge in [-0.25, -0.2) is 9.18 Å². The van der Waals surface area contributed by atoms with Gasteiger partial charge in [0.1, 0.15) is 5.82 Å². The van der Waals surface area contributed by atoms with E-state index >= 15 is 0 Å². The second-order valence-corrected chi connectivity index (χ2v) is 6.63. The first-order valence-electron chi connectivity index (χ1n) is 8.31. The van der Waals surface area contributed by atoms with E-state index in [9.17, 15) is 9.18 Å². The van der Waals surface area contributed by atoms with Gasteiger partial charge in [-0.3, -0.25) is 0 Å². The van der Waals surface area contributed by atoms with Gasteiger partial charge < -0.3 is 21.3 Å². The van der Waals surface area contributed by atoms with Crippen LogP contribution in [0.1, 0.15) is 25.0 Å². The lowest BCUT2D eigenvalue weighted by atomic mass is 10.2. The number of thiocarbonyl (C=S) groups is 1. The first-order valence-corrected chi connectivity index (χ1v) is 8.72. The zero-order chi connectivity index (χ0) is 19.1. The van der Waals surface area contributed by atoms with Crippen LogP contribution in [0.5, 0.6) is 0 Å². The van der Waals surface area contributed by atoms with Gasteiger partial charge in [-0.1, -0.05) is 18.2 Å². The molecule has 0 saturated carbocycles. The highest BCUT2D eigenvalue weighted by Crippen LogP contribution is 2.14. The summed E-state index contributed by atoms with van der Waals surface area (Å²) in [4.78, 5) is 11.7. The molecule has 0 atom stereocenters. The number of aryl methyl sites for hydroxylation is 1. The molecule has 138 valence electrons. The molecular formula is C19H23FN4OS. The number of rotatable bonds is 5. The maximum atomic E-state index is 13.5. The van der Waals surface area contributed by atoms with Crippen molar-refractivity contribution in [2.24, 2.45) is 0 Å². The molecule has 0 aliphatic heterocycles. The molecule has 0 bridgehead atoms. The van der Waals surface area contributed by atoms with Gasteiger partial charge in [-0.2, -0.15) is 0 Å². The minimum absolute atomic E-state index is 0.0778. The summed E-state index contributed by atoms with van der Waals surface area (Å²) < 4.78 is 13.5. The third-order valence-corrected chi connectivity index (χ3v) is 3.76. The molecule has 2 aromatic carbocycles. The van der Waals surface area contributed by atoms with Crippen LogP contribution in [0.2, 0.25) is 0 Å². The van der Waals surface area contributed by atoms with Crippen LogP contribution < -0.4 is 21.3 Å². The van der Waals surface area contributed by atoms with Gasteiger partial charge in [0, 0.05) is 24.0 Å². The van der Waals surface area contributed by atoms with Crippen molar-refractivity contribution < 1.29 is 9.18 Å². The van der Waals surface area contributed by atoms with Crippen molar-refractivity contribution in [1.29, 1.82) is 0 Å². The smallest absolute Gasteiger partial charge is 0.319 e. The second kappa shape index (κ2) is 9.15. The molecule has 0 saturated heterocycles. The molecule has 26 heavy (non-hydrogen) atoms. The Morgan fingerprint density at radius 1 is 1.08 bits per heavy atom. The molecule has 0 fully saturated rings. The number of anilines is 2. The maximum absolute atomic E-state index is 13.5. The summed E-state index contributed by atoms with van der Waals surface area (Å²) in [5, 5.41) is 12.0. The number of halogens is 1. The van der Waals surface area contributed by atoms with Gasteiger partial charge in [-0.05, 0) is 68.4 Å². The van der Waals surface area contributed by atoms with E-state index in [1.807, 2.05) is 38.1 Å². The number of carbonyl (C=O) groups excluding carboxylic acids is 1.